The van der Waals surface area contributed by atoms with Gasteiger partial charge in [-0.2, -0.15) is 0 Å². The summed E-state index contributed by atoms with van der Waals surface area (Å²) >= 11 is 0. The third-order valence-electron chi connectivity index (χ3n) is 4.12. The minimum Gasteiger partial charge on any atom is -0.373 e. The van der Waals surface area contributed by atoms with Gasteiger partial charge in [0.2, 0.25) is 5.91 Å². The second kappa shape index (κ2) is 7.90. The number of ketones is 1. The molecule has 1 aliphatic rings. The van der Waals surface area contributed by atoms with Crippen molar-refractivity contribution in [2.75, 3.05) is 13.2 Å². The molecule has 1 aliphatic heterocycles. The van der Waals surface area contributed by atoms with Crippen LogP contribution in [0.15, 0.2) is 48.7 Å². The van der Waals surface area contributed by atoms with Crippen LogP contribution >= 0.6 is 0 Å². The number of imidazole rings is 1. The Balaban J connectivity index is 1.48. The number of aromatic nitrogens is 2. The summed E-state index contributed by atoms with van der Waals surface area (Å²) in [5.41, 5.74) is 1.71. The second-order valence-electron chi connectivity index (χ2n) is 5.93. The summed E-state index contributed by atoms with van der Waals surface area (Å²) in [7, 11) is 0. The lowest BCUT2D eigenvalue weighted by Crippen LogP contribution is -2.38. The van der Waals surface area contributed by atoms with Gasteiger partial charge in [-0.1, -0.05) is 36.4 Å². The number of nitrogens with zero attached hydrogens (tertiary/aromatic N) is 3. The van der Waals surface area contributed by atoms with Gasteiger partial charge in [0.05, 0.1) is 26.0 Å². The first-order valence-corrected chi connectivity index (χ1v) is 8.27. The van der Waals surface area contributed by atoms with Crippen molar-refractivity contribution in [2.24, 2.45) is 0 Å². The molecule has 6 nitrogen and oxygen atoms in total. The number of carbonyl (C=O) groups is 2. The third kappa shape index (κ3) is 4.22. The number of carbonyl (C=O) groups excluding carboxylic acids is 2. The number of hydrogen-bond donors (Lipinski definition) is 0. The fraction of sp³-hybridized carbons (Fsp3) is 0.316. The van der Waals surface area contributed by atoms with Crippen LogP contribution in [-0.2, 0) is 29.2 Å². The molecule has 25 heavy (non-hydrogen) atoms. The van der Waals surface area contributed by atoms with Crippen molar-refractivity contribution in [1.82, 2.24) is 14.5 Å². The summed E-state index contributed by atoms with van der Waals surface area (Å²) in [5, 5.41) is 0. The Morgan fingerprint density at radius 1 is 1.24 bits per heavy atom. The van der Waals surface area contributed by atoms with E-state index < -0.39 is 0 Å². The van der Waals surface area contributed by atoms with Crippen LogP contribution in [0, 0.1) is 0 Å². The average molecular weight is 339 g/mol. The maximum absolute atomic E-state index is 12.3. The molecular weight excluding hydrogens is 318 g/mol. The van der Waals surface area contributed by atoms with E-state index in [4.69, 9.17) is 4.74 Å². The third-order valence-corrected chi connectivity index (χ3v) is 4.12. The quantitative estimate of drug-likeness (QED) is 0.460. The van der Waals surface area contributed by atoms with Crippen LogP contribution in [0.3, 0.4) is 0 Å². The van der Waals surface area contributed by atoms with E-state index in [2.05, 4.69) is 4.98 Å². The van der Waals surface area contributed by atoms with E-state index in [9.17, 15) is 9.59 Å². The highest BCUT2D eigenvalue weighted by molar-refractivity contribution is 5.92. The molecule has 6 heteroatoms. The van der Waals surface area contributed by atoms with Gasteiger partial charge in [0.1, 0.15) is 11.5 Å². The molecule has 0 spiro atoms. The Morgan fingerprint density at radius 2 is 2.04 bits per heavy atom. The maximum Gasteiger partial charge on any atom is 0.246 e. The number of rotatable bonds is 6. The van der Waals surface area contributed by atoms with Crippen LogP contribution in [0.25, 0.3) is 0 Å². The van der Waals surface area contributed by atoms with Gasteiger partial charge in [-0.25, -0.2) is 4.98 Å². The number of hydrogen-bond acceptors (Lipinski definition) is 4. The summed E-state index contributed by atoms with van der Waals surface area (Å²) in [6.07, 6.45) is 4.85. The van der Waals surface area contributed by atoms with Crippen molar-refractivity contribution < 1.29 is 14.3 Å². The van der Waals surface area contributed by atoms with E-state index in [-0.39, 0.29) is 11.7 Å². The highest BCUT2D eigenvalue weighted by atomic mass is 16.5. The van der Waals surface area contributed by atoms with Crippen LogP contribution in [0.1, 0.15) is 28.8 Å². The minimum atomic E-state index is -0.0677. The number of fused-ring (bicyclic) bond motifs is 1. The summed E-state index contributed by atoms with van der Waals surface area (Å²) in [6, 6.07) is 9.90. The molecule has 3 rings (SSSR count). The topological polar surface area (TPSA) is 64.4 Å². The molecule has 1 aromatic heterocycles. The average Bonchev–Trinajstić information content (AvgIpc) is 3.05. The fourth-order valence-electron chi connectivity index (χ4n) is 2.80. The van der Waals surface area contributed by atoms with Crippen LogP contribution < -0.4 is 0 Å². The number of ether oxygens (including phenoxy) is 1. The molecule has 1 amide bonds. The van der Waals surface area contributed by atoms with E-state index >= 15 is 0 Å². The van der Waals surface area contributed by atoms with E-state index in [1.54, 1.807) is 17.2 Å². The predicted molar refractivity (Wildman–Crippen MR) is 92.9 cm³/mol. The van der Waals surface area contributed by atoms with Crippen molar-refractivity contribution >= 4 is 11.7 Å². The Labute approximate surface area is 146 Å². The standard InChI is InChI=1S/C19H21N3O3/c1-15(23)17-12-20-18-13-21(9-10-22(17)18)19(24)8-5-11-25-14-16-6-3-2-4-7-16/h2-8,12H,9-11,13-14H2,1H3/b8-5+. The zero-order valence-electron chi connectivity index (χ0n) is 14.2. The van der Waals surface area contributed by atoms with Gasteiger partial charge < -0.3 is 14.2 Å². The van der Waals surface area contributed by atoms with Gasteiger partial charge in [-0.3, -0.25) is 9.59 Å². The van der Waals surface area contributed by atoms with Gasteiger partial charge in [0.15, 0.2) is 5.78 Å². The Hall–Kier alpha value is -2.73. The first kappa shape index (κ1) is 17.1. The largest absolute Gasteiger partial charge is 0.373 e. The zero-order valence-corrected chi connectivity index (χ0v) is 14.2. The monoisotopic (exact) mass is 339 g/mol. The SMILES string of the molecule is CC(=O)c1cnc2n1CCN(C(=O)/C=C/COCc1ccccc1)C2. The molecule has 0 unspecified atom stereocenters. The van der Waals surface area contributed by atoms with Crippen LogP contribution in [0.2, 0.25) is 0 Å². The molecule has 2 aromatic rings. The van der Waals surface area contributed by atoms with E-state index in [0.29, 0.717) is 38.5 Å². The molecule has 0 saturated carbocycles. The maximum atomic E-state index is 12.3. The summed E-state index contributed by atoms with van der Waals surface area (Å²) in [5.74, 6) is 0.675. The lowest BCUT2D eigenvalue weighted by atomic mass is 10.2. The summed E-state index contributed by atoms with van der Waals surface area (Å²) < 4.78 is 7.42. The predicted octanol–water partition coefficient (Wildman–Crippen LogP) is 2.20. The normalized spacial score (nSPS) is 13.9. The fourth-order valence-corrected chi connectivity index (χ4v) is 2.80. The molecule has 0 fully saturated rings. The van der Waals surface area contributed by atoms with E-state index in [1.807, 2.05) is 34.9 Å². The second-order valence-corrected chi connectivity index (χ2v) is 5.93. The van der Waals surface area contributed by atoms with Crippen molar-refractivity contribution in [3.63, 3.8) is 0 Å². The summed E-state index contributed by atoms with van der Waals surface area (Å²) in [6.45, 7) is 4.01. The molecular formula is C19H21N3O3. The number of benzene rings is 1. The molecule has 0 aliphatic carbocycles. The van der Waals surface area contributed by atoms with Crippen molar-refractivity contribution in [2.45, 2.75) is 26.6 Å². The van der Waals surface area contributed by atoms with Gasteiger partial charge in [0.25, 0.3) is 0 Å². The van der Waals surface area contributed by atoms with Crippen molar-refractivity contribution in [1.29, 1.82) is 0 Å². The van der Waals surface area contributed by atoms with Gasteiger partial charge in [0, 0.05) is 26.1 Å². The molecule has 0 radical (unpaired) electrons. The lowest BCUT2D eigenvalue weighted by molar-refractivity contribution is -0.127. The molecule has 0 bridgehead atoms. The van der Waals surface area contributed by atoms with Crippen LogP contribution in [0.5, 0.6) is 0 Å². The first-order valence-electron chi connectivity index (χ1n) is 8.27. The van der Waals surface area contributed by atoms with Gasteiger partial charge >= 0.3 is 0 Å². The number of amides is 1. The van der Waals surface area contributed by atoms with E-state index in [1.165, 1.54) is 13.0 Å². The highest BCUT2D eigenvalue weighted by Crippen LogP contribution is 2.15. The smallest absolute Gasteiger partial charge is 0.246 e. The van der Waals surface area contributed by atoms with Crippen LogP contribution in [0.4, 0.5) is 0 Å². The Bertz CT molecular complexity index is 780. The summed E-state index contributed by atoms with van der Waals surface area (Å²) in [4.78, 5) is 29.8. The molecule has 130 valence electrons. The Morgan fingerprint density at radius 3 is 2.80 bits per heavy atom. The van der Waals surface area contributed by atoms with Gasteiger partial charge in [-0.05, 0) is 5.56 Å². The zero-order chi connectivity index (χ0) is 17.6. The lowest BCUT2D eigenvalue weighted by Gasteiger charge is -2.27. The first-order chi connectivity index (χ1) is 12.1. The Kier molecular flexibility index (Phi) is 5.40. The molecule has 2 heterocycles. The highest BCUT2D eigenvalue weighted by Gasteiger charge is 2.23. The van der Waals surface area contributed by atoms with E-state index in [0.717, 1.165) is 11.4 Å². The molecule has 0 N–H and O–H groups in total. The minimum absolute atomic E-state index is 0.00557. The molecule has 0 saturated heterocycles. The van der Waals surface area contributed by atoms with Crippen molar-refractivity contribution in [3.05, 3.63) is 65.8 Å². The van der Waals surface area contributed by atoms with Crippen molar-refractivity contribution in [3.8, 4) is 0 Å². The molecule has 0 atom stereocenters. The van der Waals surface area contributed by atoms with Crippen LogP contribution in [-0.4, -0.2) is 39.3 Å². The van der Waals surface area contributed by atoms with Gasteiger partial charge in [-0.15, -0.1) is 0 Å². The molecule has 1 aromatic carbocycles. The number of Topliss-reactive ketones (excluding diaryl/α,β-unsaturated/α-hetero) is 1.